The number of methoxy groups -OCH3 is 1. The van der Waals surface area contributed by atoms with Gasteiger partial charge in [0.05, 0.1) is 18.4 Å². The van der Waals surface area contributed by atoms with Crippen molar-refractivity contribution in [2.45, 2.75) is 0 Å². The summed E-state index contributed by atoms with van der Waals surface area (Å²) in [5, 5.41) is 15.7. The van der Waals surface area contributed by atoms with E-state index in [4.69, 9.17) is 15.6 Å². The van der Waals surface area contributed by atoms with Gasteiger partial charge >= 0.3 is 5.97 Å². The number of H-pyrrole nitrogens is 1. The van der Waals surface area contributed by atoms with Crippen LogP contribution in [0.3, 0.4) is 0 Å². The van der Waals surface area contributed by atoms with E-state index in [1.807, 2.05) is 0 Å². The number of aromatic carboxylic acids is 1. The molecule has 0 saturated heterocycles. The quantitative estimate of drug-likeness (QED) is 0.617. The molecule has 0 radical (unpaired) electrons. The Labute approximate surface area is 137 Å². The molecule has 8 heteroatoms. The summed E-state index contributed by atoms with van der Waals surface area (Å²) in [6.45, 7) is 0. The number of carbonyl (C=O) groups is 1. The number of hydrogen-bond donors (Lipinski definition) is 3. The Hall–Kier alpha value is -3.55. The van der Waals surface area contributed by atoms with Crippen LogP contribution < -0.4 is 15.4 Å². The molecule has 0 saturated carbocycles. The molecule has 2 aromatic carbocycles. The van der Waals surface area contributed by atoms with E-state index in [0.29, 0.717) is 28.8 Å². The van der Waals surface area contributed by atoms with Crippen molar-refractivity contribution in [2.24, 2.45) is 0 Å². The summed E-state index contributed by atoms with van der Waals surface area (Å²) in [6.07, 6.45) is 1.39. The first-order valence-corrected chi connectivity index (χ1v) is 7.02. The molecule has 0 aliphatic carbocycles. The first kappa shape index (κ1) is 15.3. The molecule has 0 spiro atoms. The SMILES string of the molecule is COc1cc(N)cc(N(c2ccc(C(=O)O)cc2)c2ncn[nH]2)c1. The molecule has 3 aromatic rings. The van der Waals surface area contributed by atoms with Gasteiger partial charge in [-0.15, -0.1) is 0 Å². The van der Waals surface area contributed by atoms with Crippen LogP contribution in [0.15, 0.2) is 48.8 Å². The molecule has 1 aromatic heterocycles. The summed E-state index contributed by atoms with van der Waals surface area (Å²) in [6, 6.07) is 11.7. The van der Waals surface area contributed by atoms with Crippen molar-refractivity contribution >= 4 is 29.0 Å². The second-order valence-corrected chi connectivity index (χ2v) is 4.96. The van der Waals surface area contributed by atoms with Crippen LogP contribution in [0.25, 0.3) is 0 Å². The topological polar surface area (TPSA) is 117 Å². The third-order valence-electron chi connectivity index (χ3n) is 3.39. The number of carboxylic acid groups (broad SMARTS) is 1. The number of nitrogen functional groups attached to an aromatic ring is 1. The molecule has 122 valence electrons. The lowest BCUT2D eigenvalue weighted by molar-refractivity contribution is 0.0697. The molecule has 24 heavy (non-hydrogen) atoms. The molecule has 0 atom stereocenters. The van der Waals surface area contributed by atoms with E-state index in [0.717, 1.165) is 0 Å². The molecule has 0 aliphatic heterocycles. The highest BCUT2D eigenvalue weighted by molar-refractivity contribution is 5.88. The second-order valence-electron chi connectivity index (χ2n) is 4.96. The van der Waals surface area contributed by atoms with Gasteiger partial charge in [-0.2, -0.15) is 10.1 Å². The van der Waals surface area contributed by atoms with Crippen molar-refractivity contribution in [1.29, 1.82) is 0 Å². The van der Waals surface area contributed by atoms with Crippen molar-refractivity contribution in [2.75, 3.05) is 17.7 Å². The van der Waals surface area contributed by atoms with Gasteiger partial charge in [-0.25, -0.2) is 9.89 Å². The first-order chi connectivity index (χ1) is 11.6. The molecular weight excluding hydrogens is 310 g/mol. The van der Waals surface area contributed by atoms with Gasteiger partial charge in [0.25, 0.3) is 0 Å². The first-order valence-electron chi connectivity index (χ1n) is 7.02. The molecule has 8 nitrogen and oxygen atoms in total. The van der Waals surface area contributed by atoms with Crippen molar-refractivity contribution in [3.63, 3.8) is 0 Å². The fourth-order valence-corrected chi connectivity index (χ4v) is 2.31. The summed E-state index contributed by atoms with van der Waals surface area (Å²) in [7, 11) is 1.55. The van der Waals surface area contributed by atoms with E-state index in [1.54, 1.807) is 42.3 Å². The van der Waals surface area contributed by atoms with E-state index >= 15 is 0 Å². The number of nitrogens with two attached hydrogens (primary N) is 1. The zero-order chi connectivity index (χ0) is 17.1. The number of ether oxygens (including phenoxy) is 1. The number of hydrogen-bond acceptors (Lipinski definition) is 6. The standard InChI is InChI=1S/C16H15N5O3/c1-24-14-7-11(17)6-13(8-14)21(16-18-9-19-20-16)12-4-2-10(3-5-12)15(22)23/h2-9H,17H2,1H3,(H,22,23)(H,18,19,20). The van der Waals surface area contributed by atoms with Crippen LogP contribution in [0.2, 0.25) is 0 Å². The third-order valence-corrected chi connectivity index (χ3v) is 3.39. The van der Waals surface area contributed by atoms with Gasteiger partial charge in [-0.05, 0) is 30.3 Å². The Balaban J connectivity index is 2.11. The van der Waals surface area contributed by atoms with E-state index < -0.39 is 5.97 Å². The maximum Gasteiger partial charge on any atom is 0.335 e. The molecule has 0 fully saturated rings. The fraction of sp³-hybridized carbons (Fsp3) is 0.0625. The van der Waals surface area contributed by atoms with Crippen LogP contribution in [0.5, 0.6) is 5.75 Å². The monoisotopic (exact) mass is 325 g/mol. The normalized spacial score (nSPS) is 10.4. The summed E-state index contributed by atoms with van der Waals surface area (Å²) < 4.78 is 5.26. The zero-order valence-corrected chi connectivity index (χ0v) is 12.8. The largest absolute Gasteiger partial charge is 0.497 e. The molecule has 3 rings (SSSR count). The average Bonchev–Trinajstić information content (AvgIpc) is 3.09. The van der Waals surface area contributed by atoms with E-state index in [-0.39, 0.29) is 5.56 Å². The van der Waals surface area contributed by atoms with Crippen LogP contribution in [0, 0.1) is 0 Å². The van der Waals surface area contributed by atoms with Crippen LogP contribution >= 0.6 is 0 Å². The Morgan fingerprint density at radius 3 is 2.54 bits per heavy atom. The van der Waals surface area contributed by atoms with E-state index in [1.165, 1.54) is 18.5 Å². The molecule has 1 heterocycles. The number of benzene rings is 2. The minimum Gasteiger partial charge on any atom is -0.497 e. The van der Waals surface area contributed by atoms with Crippen LogP contribution in [-0.4, -0.2) is 33.4 Å². The van der Waals surface area contributed by atoms with Crippen molar-refractivity contribution in [1.82, 2.24) is 15.2 Å². The maximum atomic E-state index is 11.0. The molecular formula is C16H15N5O3. The number of rotatable bonds is 5. The number of nitrogens with zero attached hydrogens (tertiary/aromatic N) is 3. The summed E-state index contributed by atoms with van der Waals surface area (Å²) >= 11 is 0. The van der Waals surface area contributed by atoms with Gasteiger partial charge in [0.2, 0.25) is 5.95 Å². The van der Waals surface area contributed by atoms with Crippen molar-refractivity contribution in [3.8, 4) is 5.75 Å². The second kappa shape index (κ2) is 6.29. The van der Waals surface area contributed by atoms with E-state index in [2.05, 4.69) is 15.2 Å². The van der Waals surface area contributed by atoms with Gasteiger partial charge in [0, 0.05) is 23.5 Å². The molecule has 0 aliphatic rings. The third kappa shape index (κ3) is 2.98. The van der Waals surface area contributed by atoms with Gasteiger partial charge in [0.15, 0.2) is 0 Å². The summed E-state index contributed by atoms with van der Waals surface area (Å²) in [5.41, 5.74) is 8.06. The van der Waals surface area contributed by atoms with Gasteiger partial charge < -0.3 is 15.6 Å². The number of aromatic amines is 1. The molecule has 0 amide bonds. The number of aromatic nitrogens is 3. The maximum absolute atomic E-state index is 11.0. The minimum atomic E-state index is -0.988. The molecule has 0 unspecified atom stereocenters. The van der Waals surface area contributed by atoms with Gasteiger partial charge in [-0.3, -0.25) is 4.90 Å². The number of nitrogens with one attached hydrogen (secondary N) is 1. The van der Waals surface area contributed by atoms with Gasteiger partial charge in [-0.1, -0.05) is 0 Å². The predicted octanol–water partition coefficient (Wildman–Crippen LogP) is 2.56. The average molecular weight is 325 g/mol. The fourth-order valence-electron chi connectivity index (χ4n) is 2.31. The Morgan fingerprint density at radius 1 is 1.21 bits per heavy atom. The number of carboxylic acids is 1. The number of anilines is 4. The Morgan fingerprint density at radius 2 is 1.96 bits per heavy atom. The lowest BCUT2D eigenvalue weighted by atomic mass is 10.1. The van der Waals surface area contributed by atoms with Crippen molar-refractivity contribution < 1.29 is 14.6 Å². The highest BCUT2D eigenvalue weighted by atomic mass is 16.5. The van der Waals surface area contributed by atoms with E-state index in [9.17, 15) is 4.79 Å². The molecule has 4 N–H and O–H groups in total. The zero-order valence-electron chi connectivity index (χ0n) is 12.8. The lowest BCUT2D eigenvalue weighted by Crippen LogP contribution is -2.12. The van der Waals surface area contributed by atoms with Crippen LogP contribution in [-0.2, 0) is 0 Å². The summed E-state index contributed by atoms with van der Waals surface area (Å²) in [5.74, 6) is 0.0702. The van der Waals surface area contributed by atoms with Crippen LogP contribution in [0.4, 0.5) is 23.0 Å². The minimum absolute atomic E-state index is 0.196. The summed E-state index contributed by atoms with van der Waals surface area (Å²) in [4.78, 5) is 17.0. The predicted molar refractivity (Wildman–Crippen MR) is 89.0 cm³/mol. The Bertz CT molecular complexity index is 847. The molecule has 0 bridgehead atoms. The highest BCUT2D eigenvalue weighted by Crippen LogP contribution is 2.35. The van der Waals surface area contributed by atoms with Crippen molar-refractivity contribution in [3.05, 3.63) is 54.4 Å². The highest BCUT2D eigenvalue weighted by Gasteiger charge is 2.17. The smallest absolute Gasteiger partial charge is 0.335 e. The Kier molecular flexibility index (Phi) is 4.02. The van der Waals surface area contributed by atoms with Crippen LogP contribution in [0.1, 0.15) is 10.4 Å². The van der Waals surface area contributed by atoms with Gasteiger partial charge in [0.1, 0.15) is 12.1 Å². The lowest BCUT2D eigenvalue weighted by Gasteiger charge is -2.23.